The van der Waals surface area contributed by atoms with Gasteiger partial charge in [-0.05, 0) is 36.4 Å². The van der Waals surface area contributed by atoms with Crippen LogP contribution in [0.4, 0.5) is 21.0 Å². The molecule has 0 radical (unpaired) electrons. The molecule has 1 aliphatic rings. The molecular weight excluding hydrogens is 375 g/mol. The van der Waals surface area contributed by atoms with Gasteiger partial charge in [-0.3, -0.25) is 0 Å². The number of hydrogen-bond acceptors (Lipinski definition) is 2. The van der Waals surface area contributed by atoms with E-state index in [0.717, 1.165) is 0 Å². The molecule has 3 rings (SSSR count). The Morgan fingerprint density at radius 3 is 1.46 bits per heavy atom. The Labute approximate surface area is 161 Å². The summed E-state index contributed by atoms with van der Waals surface area (Å²) in [6.07, 6.45) is 0. The lowest BCUT2D eigenvalue weighted by molar-refractivity contribution is 0.156. The summed E-state index contributed by atoms with van der Waals surface area (Å²) < 4.78 is 0. The van der Waals surface area contributed by atoms with Crippen molar-refractivity contribution < 1.29 is 9.59 Å². The second-order valence-electron chi connectivity index (χ2n) is 5.86. The van der Waals surface area contributed by atoms with Gasteiger partial charge < -0.3 is 20.4 Å². The highest BCUT2D eigenvalue weighted by atomic mass is 35.5. The zero-order valence-corrected chi connectivity index (χ0v) is 15.4. The molecule has 1 saturated heterocycles. The van der Waals surface area contributed by atoms with Gasteiger partial charge in [-0.15, -0.1) is 0 Å². The van der Waals surface area contributed by atoms with Gasteiger partial charge in [0.05, 0.1) is 0 Å². The van der Waals surface area contributed by atoms with E-state index >= 15 is 0 Å². The number of urea groups is 2. The molecule has 1 fully saturated rings. The number of nitrogens with one attached hydrogen (secondary N) is 2. The molecule has 0 bridgehead atoms. The Morgan fingerprint density at radius 1 is 0.731 bits per heavy atom. The van der Waals surface area contributed by atoms with Gasteiger partial charge in [0.1, 0.15) is 0 Å². The van der Waals surface area contributed by atoms with E-state index in [1.165, 1.54) is 0 Å². The van der Waals surface area contributed by atoms with E-state index < -0.39 is 0 Å². The standard InChI is InChI=1S/C18H18Cl2N4O2/c19-13-3-1-5-15(11-13)21-17(25)23-7-9-24(10-8-23)18(26)22-16-6-2-4-14(20)12-16/h1-6,11-12H,7-10H2,(H,21,25)(H,22,26). The van der Waals surface area contributed by atoms with Crippen molar-refractivity contribution in [2.75, 3.05) is 36.8 Å². The van der Waals surface area contributed by atoms with Crippen LogP contribution in [-0.4, -0.2) is 48.0 Å². The van der Waals surface area contributed by atoms with E-state index in [4.69, 9.17) is 23.2 Å². The van der Waals surface area contributed by atoms with Gasteiger partial charge in [-0.2, -0.15) is 0 Å². The van der Waals surface area contributed by atoms with Crippen LogP contribution < -0.4 is 10.6 Å². The maximum atomic E-state index is 12.3. The fraction of sp³-hybridized carbons (Fsp3) is 0.222. The molecule has 0 atom stereocenters. The summed E-state index contributed by atoms with van der Waals surface area (Å²) in [6.45, 7) is 1.81. The number of amides is 4. The van der Waals surface area contributed by atoms with Gasteiger partial charge in [0.25, 0.3) is 0 Å². The number of carbonyl (C=O) groups excluding carboxylic acids is 2. The summed E-state index contributed by atoms with van der Waals surface area (Å²) in [4.78, 5) is 28.0. The van der Waals surface area contributed by atoms with E-state index in [9.17, 15) is 9.59 Å². The van der Waals surface area contributed by atoms with Gasteiger partial charge in [0.2, 0.25) is 0 Å². The monoisotopic (exact) mass is 392 g/mol. The first kappa shape index (κ1) is 18.4. The molecule has 2 N–H and O–H groups in total. The van der Waals surface area contributed by atoms with Crippen LogP contribution in [0.15, 0.2) is 48.5 Å². The minimum absolute atomic E-state index is 0.206. The number of anilines is 2. The average molecular weight is 393 g/mol. The second kappa shape index (κ2) is 8.29. The third kappa shape index (κ3) is 4.80. The summed E-state index contributed by atoms with van der Waals surface area (Å²) in [5.41, 5.74) is 1.28. The summed E-state index contributed by atoms with van der Waals surface area (Å²) in [5.74, 6) is 0. The molecule has 1 aliphatic heterocycles. The minimum atomic E-state index is -0.206. The van der Waals surface area contributed by atoms with Crippen molar-refractivity contribution in [3.8, 4) is 0 Å². The summed E-state index contributed by atoms with van der Waals surface area (Å²) in [7, 11) is 0. The minimum Gasteiger partial charge on any atom is -0.321 e. The lowest BCUT2D eigenvalue weighted by Gasteiger charge is -2.34. The normalized spacial score (nSPS) is 14.1. The molecule has 2 aromatic rings. The van der Waals surface area contributed by atoms with Crippen LogP contribution in [0.1, 0.15) is 0 Å². The Bertz CT molecular complexity index is 740. The second-order valence-corrected chi connectivity index (χ2v) is 6.73. The molecule has 1 heterocycles. The van der Waals surface area contributed by atoms with Crippen molar-refractivity contribution >= 4 is 46.6 Å². The van der Waals surface area contributed by atoms with Crippen LogP contribution >= 0.6 is 23.2 Å². The van der Waals surface area contributed by atoms with Crippen LogP contribution in [0.3, 0.4) is 0 Å². The molecule has 0 aromatic heterocycles. The third-order valence-corrected chi connectivity index (χ3v) is 4.48. The summed E-state index contributed by atoms with van der Waals surface area (Å²) in [5, 5.41) is 6.74. The Balaban J connectivity index is 1.50. The first-order valence-corrected chi connectivity index (χ1v) is 8.90. The van der Waals surface area contributed by atoms with Crippen LogP contribution in [-0.2, 0) is 0 Å². The molecule has 0 saturated carbocycles. The van der Waals surface area contributed by atoms with Crippen LogP contribution in [0.25, 0.3) is 0 Å². The third-order valence-electron chi connectivity index (χ3n) is 4.01. The topological polar surface area (TPSA) is 64.7 Å². The molecule has 136 valence electrons. The highest BCUT2D eigenvalue weighted by molar-refractivity contribution is 6.31. The van der Waals surface area contributed by atoms with Gasteiger partial charge in [-0.1, -0.05) is 35.3 Å². The predicted molar refractivity (Wildman–Crippen MR) is 104 cm³/mol. The van der Waals surface area contributed by atoms with Gasteiger partial charge in [0.15, 0.2) is 0 Å². The first-order valence-electron chi connectivity index (χ1n) is 8.14. The van der Waals surface area contributed by atoms with E-state index in [1.54, 1.807) is 58.3 Å². The number of nitrogens with zero attached hydrogens (tertiary/aromatic N) is 2. The molecule has 26 heavy (non-hydrogen) atoms. The predicted octanol–water partition coefficient (Wildman–Crippen LogP) is 4.38. The smallest absolute Gasteiger partial charge is 0.321 e. The van der Waals surface area contributed by atoms with Crippen molar-refractivity contribution in [3.05, 3.63) is 58.6 Å². The molecule has 2 aromatic carbocycles. The molecule has 4 amide bonds. The van der Waals surface area contributed by atoms with Crippen molar-refractivity contribution in [2.45, 2.75) is 0 Å². The number of piperazine rings is 1. The van der Waals surface area contributed by atoms with Crippen molar-refractivity contribution in [1.82, 2.24) is 9.80 Å². The van der Waals surface area contributed by atoms with Crippen LogP contribution in [0.5, 0.6) is 0 Å². The largest absolute Gasteiger partial charge is 0.321 e. The highest BCUT2D eigenvalue weighted by Crippen LogP contribution is 2.17. The van der Waals surface area contributed by atoms with E-state index in [0.29, 0.717) is 47.6 Å². The summed E-state index contributed by atoms with van der Waals surface area (Å²) >= 11 is 11.8. The van der Waals surface area contributed by atoms with E-state index in [-0.39, 0.29) is 12.1 Å². The van der Waals surface area contributed by atoms with Gasteiger partial charge >= 0.3 is 12.1 Å². The van der Waals surface area contributed by atoms with E-state index in [2.05, 4.69) is 10.6 Å². The van der Waals surface area contributed by atoms with Crippen LogP contribution in [0, 0.1) is 0 Å². The molecule has 8 heteroatoms. The Kier molecular flexibility index (Phi) is 5.85. The quantitative estimate of drug-likeness (QED) is 0.796. The zero-order chi connectivity index (χ0) is 18.5. The average Bonchev–Trinajstić information content (AvgIpc) is 2.62. The maximum Gasteiger partial charge on any atom is 0.321 e. The molecular formula is C18H18Cl2N4O2. The van der Waals surface area contributed by atoms with Gasteiger partial charge in [0, 0.05) is 47.6 Å². The van der Waals surface area contributed by atoms with E-state index in [1.807, 2.05) is 0 Å². The lowest BCUT2D eigenvalue weighted by Crippen LogP contribution is -2.52. The maximum absolute atomic E-state index is 12.3. The Hall–Kier alpha value is -2.44. The number of carbonyl (C=O) groups is 2. The zero-order valence-electron chi connectivity index (χ0n) is 13.9. The molecule has 0 unspecified atom stereocenters. The van der Waals surface area contributed by atoms with Gasteiger partial charge in [-0.25, -0.2) is 9.59 Å². The Morgan fingerprint density at radius 2 is 1.12 bits per heavy atom. The number of benzene rings is 2. The fourth-order valence-electron chi connectivity index (χ4n) is 2.65. The van der Waals surface area contributed by atoms with Crippen molar-refractivity contribution in [1.29, 1.82) is 0 Å². The fourth-order valence-corrected chi connectivity index (χ4v) is 3.03. The van der Waals surface area contributed by atoms with Crippen molar-refractivity contribution in [3.63, 3.8) is 0 Å². The summed E-state index contributed by atoms with van der Waals surface area (Å²) in [6, 6.07) is 13.6. The van der Waals surface area contributed by atoms with Crippen LogP contribution in [0.2, 0.25) is 10.0 Å². The first-order chi connectivity index (χ1) is 12.5. The highest BCUT2D eigenvalue weighted by Gasteiger charge is 2.24. The lowest BCUT2D eigenvalue weighted by atomic mass is 10.3. The molecule has 0 spiro atoms. The molecule has 0 aliphatic carbocycles. The SMILES string of the molecule is O=C(Nc1cccc(Cl)c1)N1CCN(C(=O)Nc2cccc(Cl)c2)CC1. The number of hydrogen-bond donors (Lipinski definition) is 2. The van der Waals surface area contributed by atoms with Crippen molar-refractivity contribution in [2.24, 2.45) is 0 Å². The molecule has 6 nitrogen and oxygen atoms in total. The number of halogens is 2. The number of rotatable bonds is 2.